The van der Waals surface area contributed by atoms with Gasteiger partial charge in [0.05, 0.1) is 0 Å². The average molecular weight is 358 g/mol. The highest BCUT2D eigenvalue weighted by molar-refractivity contribution is 9.10. The van der Waals surface area contributed by atoms with Crippen molar-refractivity contribution < 1.29 is 4.79 Å². The summed E-state index contributed by atoms with van der Waals surface area (Å²) in [6.07, 6.45) is 4.72. The van der Waals surface area contributed by atoms with Crippen LogP contribution in [0.4, 0.5) is 5.69 Å². The van der Waals surface area contributed by atoms with Crippen LogP contribution in [0.3, 0.4) is 0 Å². The quantitative estimate of drug-likeness (QED) is 0.786. The second kappa shape index (κ2) is 6.25. The van der Waals surface area contributed by atoms with Gasteiger partial charge in [-0.25, -0.2) is 0 Å². The number of amides is 1. The van der Waals surface area contributed by atoms with Gasteiger partial charge in [-0.05, 0) is 86.1 Å². The van der Waals surface area contributed by atoms with Crippen molar-refractivity contribution in [2.24, 2.45) is 0 Å². The Morgan fingerprint density at radius 3 is 2.32 bits per heavy atom. The van der Waals surface area contributed by atoms with E-state index in [-0.39, 0.29) is 5.91 Å². The van der Waals surface area contributed by atoms with Crippen molar-refractivity contribution in [2.75, 3.05) is 5.32 Å². The van der Waals surface area contributed by atoms with Gasteiger partial charge in [-0.15, -0.1) is 0 Å². The van der Waals surface area contributed by atoms with E-state index in [4.69, 9.17) is 0 Å². The zero-order chi connectivity index (χ0) is 15.7. The SMILES string of the molecule is Cc1cc(NC(=O)c2ccc3c(c2)CCCC3)cc(C)c1Br. The van der Waals surface area contributed by atoms with Crippen molar-refractivity contribution in [1.29, 1.82) is 0 Å². The lowest BCUT2D eigenvalue weighted by molar-refractivity contribution is 0.102. The van der Waals surface area contributed by atoms with Gasteiger partial charge in [-0.2, -0.15) is 0 Å². The fraction of sp³-hybridized carbons (Fsp3) is 0.316. The lowest BCUT2D eigenvalue weighted by Crippen LogP contribution is -2.14. The summed E-state index contributed by atoms with van der Waals surface area (Å²) in [5.74, 6) is -0.0329. The van der Waals surface area contributed by atoms with Crippen molar-refractivity contribution in [3.63, 3.8) is 0 Å². The zero-order valence-corrected chi connectivity index (χ0v) is 14.6. The van der Waals surface area contributed by atoms with E-state index in [2.05, 4.69) is 33.4 Å². The maximum Gasteiger partial charge on any atom is 0.255 e. The fourth-order valence-electron chi connectivity index (χ4n) is 3.10. The van der Waals surface area contributed by atoms with Crippen LogP contribution >= 0.6 is 15.9 Å². The highest BCUT2D eigenvalue weighted by atomic mass is 79.9. The standard InChI is InChI=1S/C19H20BrNO/c1-12-9-17(10-13(2)18(12)20)21-19(22)16-8-7-14-5-3-4-6-15(14)11-16/h7-11H,3-6H2,1-2H3,(H,21,22). The maximum atomic E-state index is 12.5. The molecule has 0 bridgehead atoms. The number of nitrogens with one attached hydrogen (secondary N) is 1. The minimum absolute atomic E-state index is 0.0329. The Kier molecular flexibility index (Phi) is 4.34. The van der Waals surface area contributed by atoms with Crippen molar-refractivity contribution in [1.82, 2.24) is 0 Å². The van der Waals surface area contributed by atoms with Gasteiger partial charge in [0.2, 0.25) is 0 Å². The largest absolute Gasteiger partial charge is 0.322 e. The third-order valence-electron chi connectivity index (χ3n) is 4.30. The van der Waals surface area contributed by atoms with Gasteiger partial charge in [0.15, 0.2) is 0 Å². The van der Waals surface area contributed by atoms with E-state index in [1.807, 2.05) is 32.0 Å². The number of fused-ring (bicyclic) bond motifs is 1. The summed E-state index contributed by atoms with van der Waals surface area (Å²) in [5, 5.41) is 3.01. The minimum atomic E-state index is -0.0329. The minimum Gasteiger partial charge on any atom is -0.322 e. The van der Waals surface area contributed by atoms with Crippen LogP contribution in [0.5, 0.6) is 0 Å². The molecule has 0 saturated heterocycles. The fourth-order valence-corrected chi connectivity index (χ4v) is 3.32. The van der Waals surface area contributed by atoms with Crippen LogP contribution in [0.15, 0.2) is 34.8 Å². The average Bonchev–Trinajstić information content (AvgIpc) is 2.52. The van der Waals surface area contributed by atoms with Crippen molar-refractivity contribution in [3.8, 4) is 0 Å². The van der Waals surface area contributed by atoms with E-state index in [1.54, 1.807) is 0 Å². The molecule has 0 radical (unpaired) electrons. The molecule has 0 unspecified atom stereocenters. The molecule has 1 N–H and O–H groups in total. The Morgan fingerprint density at radius 1 is 1.00 bits per heavy atom. The number of hydrogen-bond acceptors (Lipinski definition) is 1. The lowest BCUT2D eigenvalue weighted by Gasteiger charge is -2.16. The van der Waals surface area contributed by atoms with Gasteiger partial charge in [0.1, 0.15) is 0 Å². The number of halogens is 1. The van der Waals surface area contributed by atoms with Crippen LogP contribution < -0.4 is 5.32 Å². The predicted molar refractivity (Wildman–Crippen MR) is 94.7 cm³/mol. The zero-order valence-electron chi connectivity index (χ0n) is 13.0. The van der Waals surface area contributed by atoms with Gasteiger partial charge in [-0.1, -0.05) is 22.0 Å². The monoisotopic (exact) mass is 357 g/mol. The number of anilines is 1. The number of carbonyl (C=O) groups excluding carboxylic acids is 1. The maximum absolute atomic E-state index is 12.5. The van der Waals surface area contributed by atoms with Crippen LogP contribution in [0.1, 0.15) is 45.5 Å². The van der Waals surface area contributed by atoms with Crippen molar-refractivity contribution in [2.45, 2.75) is 39.5 Å². The molecule has 0 aromatic heterocycles. The Balaban J connectivity index is 1.83. The molecule has 2 nitrogen and oxygen atoms in total. The van der Waals surface area contributed by atoms with E-state index in [1.165, 1.54) is 24.0 Å². The van der Waals surface area contributed by atoms with Crippen LogP contribution in [0, 0.1) is 13.8 Å². The van der Waals surface area contributed by atoms with E-state index >= 15 is 0 Å². The van der Waals surface area contributed by atoms with E-state index in [9.17, 15) is 4.79 Å². The first-order valence-electron chi connectivity index (χ1n) is 7.74. The molecule has 1 amide bonds. The second-order valence-electron chi connectivity index (χ2n) is 6.07. The van der Waals surface area contributed by atoms with Crippen LogP contribution in [-0.4, -0.2) is 5.91 Å². The van der Waals surface area contributed by atoms with Crippen molar-refractivity contribution >= 4 is 27.5 Å². The summed E-state index contributed by atoms with van der Waals surface area (Å²) >= 11 is 3.55. The normalized spacial score (nSPS) is 13.6. The van der Waals surface area contributed by atoms with Gasteiger partial charge in [0.25, 0.3) is 5.91 Å². The van der Waals surface area contributed by atoms with E-state index in [0.717, 1.165) is 39.7 Å². The summed E-state index contributed by atoms with van der Waals surface area (Å²) < 4.78 is 1.10. The first kappa shape index (κ1) is 15.3. The summed E-state index contributed by atoms with van der Waals surface area (Å²) in [6, 6.07) is 10.1. The van der Waals surface area contributed by atoms with Crippen LogP contribution in [-0.2, 0) is 12.8 Å². The first-order chi connectivity index (χ1) is 10.5. The third kappa shape index (κ3) is 3.09. The smallest absolute Gasteiger partial charge is 0.255 e. The molecule has 0 spiro atoms. The van der Waals surface area contributed by atoms with Crippen LogP contribution in [0.2, 0.25) is 0 Å². The molecule has 2 aromatic carbocycles. The summed E-state index contributed by atoms with van der Waals surface area (Å²) in [4.78, 5) is 12.5. The number of rotatable bonds is 2. The molecule has 3 heteroatoms. The molecular weight excluding hydrogens is 338 g/mol. The molecular formula is C19H20BrNO. The van der Waals surface area contributed by atoms with E-state index in [0.29, 0.717) is 0 Å². The second-order valence-corrected chi connectivity index (χ2v) is 6.86. The Labute approximate surface area is 140 Å². The Hall–Kier alpha value is -1.61. The molecule has 114 valence electrons. The highest BCUT2D eigenvalue weighted by Gasteiger charge is 2.13. The van der Waals surface area contributed by atoms with Gasteiger partial charge in [-0.3, -0.25) is 4.79 Å². The number of carbonyl (C=O) groups is 1. The topological polar surface area (TPSA) is 29.1 Å². The molecule has 0 aliphatic heterocycles. The third-order valence-corrected chi connectivity index (χ3v) is 5.56. The molecule has 0 atom stereocenters. The van der Waals surface area contributed by atoms with Gasteiger partial charge >= 0.3 is 0 Å². The summed E-state index contributed by atoms with van der Waals surface area (Å²) in [5.41, 5.74) is 6.58. The highest BCUT2D eigenvalue weighted by Crippen LogP contribution is 2.26. The molecule has 2 aromatic rings. The van der Waals surface area contributed by atoms with Gasteiger partial charge in [0, 0.05) is 15.7 Å². The Bertz CT molecular complexity index is 713. The van der Waals surface area contributed by atoms with E-state index < -0.39 is 0 Å². The first-order valence-corrected chi connectivity index (χ1v) is 8.54. The van der Waals surface area contributed by atoms with Crippen molar-refractivity contribution in [3.05, 3.63) is 62.6 Å². The summed E-state index contributed by atoms with van der Waals surface area (Å²) in [7, 11) is 0. The molecule has 0 heterocycles. The molecule has 3 rings (SSSR count). The molecule has 22 heavy (non-hydrogen) atoms. The number of benzene rings is 2. The number of aryl methyl sites for hydroxylation is 4. The summed E-state index contributed by atoms with van der Waals surface area (Å²) in [6.45, 7) is 4.07. The molecule has 0 saturated carbocycles. The van der Waals surface area contributed by atoms with Gasteiger partial charge < -0.3 is 5.32 Å². The predicted octanol–water partition coefficient (Wildman–Crippen LogP) is 5.20. The Morgan fingerprint density at radius 2 is 1.64 bits per heavy atom. The molecule has 1 aliphatic carbocycles. The molecule has 1 aliphatic rings. The van der Waals surface area contributed by atoms with Crippen LogP contribution in [0.25, 0.3) is 0 Å². The number of hydrogen-bond donors (Lipinski definition) is 1. The lowest BCUT2D eigenvalue weighted by atomic mass is 9.90. The molecule has 0 fully saturated rings.